The molecule has 0 aromatic rings. The number of nitrogens with one attached hydrogen (secondary N) is 1. The zero-order chi connectivity index (χ0) is 13.9. The Morgan fingerprint density at radius 3 is 2.21 bits per heavy atom. The summed E-state index contributed by atoms with van der Waals surface area (Å²) in [6.45, 7) is 0.0530. The van der Waals surface area contributed by atoms with Gasteiger partial charge in [0, 0.05) is 6.54 Å². The molecule has 19 heavy (non-hydrogen) atoms. The average Bonchev–Trinajstić information content (AvgIpc) is 3.13. The minimum Gasteiger partial charge on any atom is -0.481 e. The van der Waals surface area contributed by atoms with E-state index in [0.29, 0.717) is 12.8 Å². The van der Waals surface area contributed by atoms with E-state index in [4.69, 9.17) is 0 Å². The van der Waals surface area contributed by atoms with E-state index >= 15 is 0 Å². The van der Waals surface area contributed by atoms with Crippen molar-refractivity contribution in [2.45, 2.75) is 51.4 Å². The van der Waals surface area contributed by atoms with Crippen LogP contribution >= 0.6 is 0 Å². The number of carbonyl (C=O) groups is 1. The third-order valence-electron chi connectivity index (χ3n) is 4.30. The molecule has 0 radical (unpaired) electrons. The molecule has 2 aliphatic carbocycles. The van der Waals surface area contributed by atoms with E-state index in [1.807, 2.05) is 0 Å². The van der Waals surface area contributed by atoms with E-state index < -0.39 is 21.4 Å². The van der Waals surface area contributed by atoms with Crippen LogP contribution in [0.3, 0.4) is 0 Å². The molecule has 0 atom stereocenters. The van der Waals surface area contributed by atoms with Crippen molar-refractivity contribution in [3.05, 3.63) is 0 Å². The van der Waals surface area contributed by atoms with Gasteiger partial charge in [-0.3, -0.25) is 4.79 Å². The van der Waals surface area contributed by atoms with Crippen molar-refractivity contribution in [2.75, 3.05) is 12.3 Å². The van der Waals surface area contributed by atoms with Crippen LogP contribution in [0.25, 0.3) is 0 Å². The Kier molecular flexibility index (Phi) is 4.50. The lowest BCUT2D eigenvalue weighted by atomic mass is 9.80. The van der Waals surface area contributed by atoms with Gasteiger partial charge >= 0.3 is 5.97 Å². The monoisotopic (exact) mass is 289 g/mol. The fraction of sp³-hybridized carbons (Fsp3) is 0.923. The zero-order valence-corrected chi connectivity index (χ0v) is 12.0. The Hall–Kier alpha value is -0.620. The molecule has 6 heteroatoms. The van der Waals surface area contributed by atoms with Crippen LogP contribution in [0.1, 0.15) is 51.4 Å². The summed E-state index contributed by atoms with van der Waals surface area (Å²) < 4.78 is 26.3. The third kappa shape index (κ3) is 4.18. The van der Waals surface area contributed by atoms with Crippen LogP contribution in [0, 0.1) is 11.3 Å². The standard InChI is InChI=1S/C13H23NO4S/c15-12(16)13(7-3-1-2-4-8-13)10-14-19(17,18)9-11-5-6-11/h11,14H,1-10H2,(H,15,16). The summed E-state index contributed by atoms with van der Waals surface area (Å²) >= 11 is 0. The van der Waals surface area contributed by atoms with Crippen molar-refractivity contribution in [3.8, 4) is 0 Å². The number of sulfonamides is 1. The summed E-state index contributed by atoms with van der Waals surface area (Å²) in [4.78, 5) is 11.5. The maximum atomic E-state index is 11.9. The summed E-state index contributed by atoms with van der Waals surface area (Å²) in [6.07, 6.45) is 6.94. The smallest absolute Gasteiger partial charge is 0.310 e. The number of hydrogen-bond acceptors (Lipinski definition) is 3. The summed E-state index contributed by atoms with van der Waals surface area (Å²) in [5.74, 6) is -0.418. The number of rotatable bonds is 6. The molecule has 5 nitrogen and oxygen atoms in total. The second-order valence-corrected chi connectivity index (χ2v) is 7.90. The number of aliphatic carboxylic acids is 1. The fourth-order valence-corrected chi connectivity index (χ4v) is 4.34. The SMILES string of the molecule is O=C(O)C1(CNS(=O)(=O)CC2CC2)CCCCCC1. The maximum Gasteiger partial charge on any atom is 0.310 e. The van der Waals surface area contributed by atoms with Gasteiger partial charge in [0.25, 0.3) is 0 Å². The number of carboxylic acid groups (broad SMARTS) is 1. The van der Waals surface area contributed by atoms with Gasteiger partial charge in [0.2, 0.25) is 10.0 Å². The van der Waals surface area contributed by atoms with Gasteiger partial charge in [-0.2, -0.15) is 0 Å². The van der Waals surface area contributed by atoms with Gasteiger partial charge in [0.1, 0.15) is 0 Å². The predicted molar refractivity (Wildman–Crippen MR) is 72.3 cm³/mol. The molecule has 0 bridgehead atoms. The average molecular weight is 289 g/mol. The molecule has 0 unspecified atom stereocenters. The van der Waals surface area contributed by atoms with E-state index in [1.54, 1.807) is 0 Å². The fourth-order valence-electron chi connectivity index (χ4n) is 2.77. The van der Waals surface area contributed by atoms with Gasteiger partial charge in [-0.15, -0.1) is 0 Å². The van der Waals surface area contributed by atoms with E-state index in [2.05, 4.69) is 4.72 Å². The van der Waals surface area contributed by atoms with Gasteiger partial charge in [0.05, 0.1) is 11.2 Å². The first-order chi connectivity index (χ1) is 8.94. The quantitative estimate of drug-likeness (QED) is 0.730. The highest BCUT2D eigenvalue weighted by molar-refractivity contribution is 7.89. The molecule has 2 rings (SSSR count). The molecule has 2 saturated carbocycles. The second-order valence-electron chi connectivity index (χ2n) is 6.05. The van der Waals surface area contributed by atoms with Crippen molar-refractivity contribution >= 4 is 16.0 Å². The Bertz CT molecular complexity index is 420. The topological polar surface area (TPSA) is 83.5 Å². The minimum atomic E-state index is -3.31. The molecule has 110 valence electrons. The van der Waals surface area contributed by atoms with Gasteiger partial charge < -0.3 is 5.11 Å². The highest BCUT2D eigenvalue weighted by atomic mass is 32.2. The molecule has 0 aromatic heterocycles. The number of hydrogen-bond donors (Lipinski definition) is 2. The highest BCUT2D eigenvalue weighted by Crippen LogP contribution is 2.35. The third-order valence-corrected chi connectivity index (χ3v) is 5.79. The molecular formula is C13H23NO4S. The normalized spacial score (nSPS) is 23.8. The Balaban J connectivity index is 1.97. The Morgan fingerprint density at radius 2 is 1.74 bits per heavy atom. The maximum absolute atomic E-state index is 11.9. The first kappa shape index (κ1) is 14.8. The lowest BCUT2D eigenvalue weighted by Crippen LogP contribution is -2.43. The van der Waals surface area contributed by atoms with Gasteiger partial charge in [-0.25, -0.2) is 13.1 Å². The van der Waals surface area contributed by atoms with Crippen LogP contribution in [0.2, 0.25) is 0 Å². The first-order valence-corrected chi connectivity index (χ1v) is 8.80. The van der Waals surface area contributed by atoms with Crippen molar-refractivity contribution in [1.82, 2.24) is 4.72 Å². The molecule has 0 heterocycles. The lowest BCUT2D eigenvalue weighted by molar-refractivity contribution is -0.149. The van der Waals surface area contributed by atoms with Crippen molar-refractivity contribution < 1.29 is 18.3 Å². The first-order valence-electron chi connectivity index (χ1n) is 7.14. The van der Waals surface area contributed by atoms with Crippen LogP contribution in [-0.2, 0) is 14.8 Å². The van der Waals surface area contributed by atoms with Crippen LogP contribution in [0.4, 0.5) is 0 Å². The van der Waals surface area contributed by atoms with Crippen LogP contribution in [0.5, 0.6) is 0 Å². The zero-order valence-electron chi connectivity index (χ0n) is 11.2. The molecule has 0 aliphatic heterocycles. The second kappa shape index (κ2) is 5.79. The number of carboxylic acids is 1. The van der Waals surface area contributed by atoms with Crippen molar-refractivity contribution in [1.29, 1.82) is 0 Å². The molecule has 0 aromatic carbocycles. The van der Waals surface area contributed by atoms with Gasteiger partial charge in [-0.05, 0) is 31.6 Å². The van der Waals surface area contributed by atoms with Crippen LogP contribution in [0.15, 0.2) is 0 Å². The summed E-state index contributed by atoms with van der Waals surface area (Å²) in [6, 6.07) is 0. The van der Waals surface area contributed by atoms with Crippen LogP contribution in [-0.4, -0.2) is 31.8 Å². The molecule has 2 fully saturated rings. The molecular weight excluding hydrogens is 266 g/mol. The molecule has 0 spiro atoms. The van der Waals surface area contributed by atoms with E-state index in [0.717, 1.165) is 38.5 Å². The van der Waals surface area contributed by atoms with E-state index in [1.165, 1.54) is 0 Å². The predicted octanol–water partition coefficient (Wildman–Crippen LogP) is 1.74. The minimum absolute atomic E-state index is 0.0530. The Labute approximate surface area is 114 Å². The highest BCUT2D eigenvalue weighted by Gasteiger charge is 2.40. The van der Waals surface area contributed by atoms with Crippen LogP contribution < -0.4 is 4.72 Å². The lowest BCUT2D eigenvalue weighted by Gasteiger charge is -2.28. The molecule has 2 N–H and O–H groups in total. The summed E-state index contributed by atoms with van der Waals surface area (Å²) in [7, 11) is -3.31. The largest absolute Gasteiger partial charge is 0.481 e. The molecule has 0 amide bonds. The van der Waals surface area contributed by atoms with E-state index in [9.17, 15) is 18.3 Å². The van der Waals surface area contributed by atoms with Gasteiger partial charge in [-0.1, -0.05) is 25.7 Å². The summed E-state index contributed by atoms with van der Waals surface area (Å²) in [5, 5.41) is 9.47. The van der Waals surface area contributed by atoms with Crippen molar-refractivity contribution in [2.24, 2.45) is 11.3 Å². The van der Waals surface area contributed by atoms with Crippen molar-refractivity contribution in [3.63, 3.8) is 0 Å². The molecule has 2 aliphatic rings. The summed E-state index contributed by atoms with van der Waals surface area (Å²) in [5.41, 5.74) is -0.896. The Morgan fingerprint density at radius 1 is 1.16 bits per heavy atom. The molecule has 0 saturated heterocycles. The van der Waals surface area contributed by atoms with E-state index in [-0.39, 0.29) is 18.2 Å². The van der Waals surface area contributed by atoms with Gasteiger partial charge in [0.15, 0.2) is 0 Å².